The van der Waals surface area contributed by atoms with Gasteiger partial charge in [-0.25, -0.2) is 0 Å². The van der Waals surface area contributed by atoms with Crippen LogP contribution in [0.15, 0.2) is 18.2 Å². The third-order valence-electron chi connectivity index (χ3n) is 3.33. The molecule has 0 radical (unpaired) electrons. The van der Waals surface area contributed by atoms with Crippen molar-refractivity contribution in [3.8, 4) is 11.5 Å². The molecule has 0 spiro atoms. The molecule has 0 atom stereocenters. The minimum absolute atomic E-state index is 0.0333. The Kier molecular flexibility index (Phi) is 4.19. The van der Waals surface area contributed by atoms with Gasteiger partial charge >= 0.3 is 0 Å². The number of carbonyl (C=O) groups excluding carboxylic acids is 2. The van der Waals surface area contributed by atoms with Gasteiger partial charge in [0.1, 0.15) is 6.54 Å². The van der Waals surface area contributed by atoms with E-state index in [9.17, 15) is 9.59 Å². The molecule has 1 saturated heterocycles. The summed E-state index contributed by atoms with van der Waals surface area (Å²) in [6.07, 6.45) is 0.713. The van der Waals surface area contributed by atoms with E-state index >= 15 is 0 Å². The maximum absolute atomic E-state index is 11.8. The molecule has 0 aromatic heterocycles. The van der Waals surface area contributed by atoms with E-state index in [1.54, 1.807) is 4.90 Å². The van der Waals surface area contributed by atoms with Gasteiger partial charge < -0.3 is 19.7 Å². The van der Waals surface area contributed by atoms with Crippen LogP contribution in [0.3, 0.4) is 0 Å². The van der Waals surface area contributed by atoms with Gasteiger partial charge in [-0.2, -0.15) is 0 Å². The van der Waals surface area contributed by atoms with Crippen molar-refractivity contribution in [2.45, 2.75) is 6.42 Å². The summed E-state index contributed by atoms with van der Waals surface area (Å²) < 4.78 is 10.6. The lowest BCUT2D eigenvalue weighted by molar-refractivity contribution is -0.132. The zero-order valence-corrected chi connectivity index (χ0v) is 12.3. The van der Waals surface area contributed by atoms with Gasteiger partial charge in [0.2, 0.25) is 18.6 Å². The van der Waals surface area contributed by atoms with Crippen LogP contribution >= 0.6 is 11.8 Å². The first kappa shape index (κ1) is 14.1. The van der Waals surface area contributed by atoms with Crippen LogP contribution in [0.1, 0.15) is 5.56 Å². The predicted molar refractivity (Wildman–Crippen MR) is 78.3 cm³/mol. The second-order valence-electron chi connectivity index (χ2n) is 4.86. The highest BCUT2D eigenvalue weighted by molar-refractivity contribution is 8.00. The van der Waals surface area contributed by atoms with Gasteiger partial charge in [0, 0.05) is 6.54 Å². The topological polar surface area (TPSA) is 67.9 Å². The summed E-state index contributed by atoms with van der Waals surface area (Å²) in [5.41, 5.74) is 1.08. The molecule has 2 aliphatic heterocycles. The van der Waals surface area contributed by atoms with Gasteiger partial charge in [-0.05, 0) is 24.1 Å². The first-order chi connectivity index (χ1) is 10.2. The number of benzene rings is 1. The molecule has 0 saturated carbocycles. The van der Waals surface area contributed by atoms with Crippen LogP contribution in [0.4, 0.5) is 0 Å². The van der Waals surface area contributed by atoms with E-state index in [-0.39, 0.29) is 25.2 Å². The van der Waals surface area contributed by atoms with Crippen LogP contribution in [-0.4, -0.2) is 48.2 Å². The Balaban J connectivity index is 1.43. The van der Waals surface area contributed by atoms with Crippen LogP contribution in [0.5, 0.6) is 11.5 Å². The zero-order chi connectivity index (χ0) is 14.7. The summed E-state index contributed by atoms with van der Waals surface area (Å²) in [6, 6.07) is 5.76. The van der Waals surface area contributed by atoms with E-state index in [0.29, 0.717) is 24.6 Å². The summed E-state index contributed by atoms with van der Waals surface area (Å²) in [4.78, 5) is 24.7. The smallest absolute Gasteiger partial charge is 0.239 e. The molecular formula is C14H16N2O4S. The van der Waals surface area contributed by atoms with Crippen LogP contribution in [-0.2, 0) is 16.0 Å². The van der Waals surface area contributed by atoms with Crippen molar-refractivity contribution >= 4 is 23.6 Å². The van der Waals surface area contributed by atoms with Gasteiger partial charge in [0.15, 0.2) is 11.5 Å². The molecule has 7 heteroatoms. The average Bonchev–Trinajstić information content (AvgIpc) is 3.08. The monoisotopic (exact) mass is 308 g/mol. The molecule has 1 aromatic rings. The number of thioether (sulfide) groups is 1. The van der Waals surface area contributed by atoms with Crippen LogP contribution in [0.25, 0.3) is 0 Å². The lowest BCUT2D eigenvalue weighted by Crippen LogP contribution is -2.38. The normalized spacial score (nSPS) is 16.4. The fourth-order valence-electron chi connectivity index (χ4n) is 2.21. The Morgan fingerprint density at radius 3 is 3.00 bits per heavy atom. The summed E-state index contributed by atoms with van der Waals surface area (Å²) in [7, 11) is 0. The number of nitrogens with zero attached hydrogens (tertiary/aromatic N) is 1. The standard InChI is InChI=1S/C14H16N2O4S/c17-13(6-16-8-21-7-14(16)18)15-4-3-10-1-2-11-12(5-10)20-9-19-11/h1-2,5H,3-4,6-9H2,(H,15,17). The second kappa shape index (κ2) is 6.26. The van der Waals surface area contributed by atoms with Gasteiger partial charge in [0.05, 0.1) is 11.6 Å². The number of nitrogens with one attached hydrogen (secondary N) is 1. The Morgan fingerprint density at radius 1 is 1.33 bits per heavy atom. The fraction of sp³-hybridized carbons (Fsp3) is 0.429. The minimum Gasteiger partial charge on any atom is -0.454 e. The third kappa shape index (κ3) is 3.41. The third-order valence-corrected chi connectivity index (χ3v) is 4.28. The van der Waals surface area contributed by atoms with Crippen molar-refractivity contribution in [3.05, 3.63) is 23.8 Å². The van der Waals surface area contributed by atoms with Gasteiger partial charge in [0.25, 0.3) is 0 Å². The molecule has 1 fully saturated rings. The Labute approximate surface area is 126 Å². The molecule has 6 nitrogen and oxygen atoms in total. The van der Waals surface area contributed by atoms with Crippen molar-refractivity contribution in [2.24, 2.45) is 0 Å². The van der Waals surface area contributed by atoms with Gasteiger partial charge in [-0.15, -0.1) is 11.8 Å². The SMILES string of the molecule is O=C(CN1CSCC1=O)NCCc1ccc2c(c1)OCO2. The van der Waals surface area contributed by atoms with E-state index < -0.39 is 0 Å². The molecule has 21 heavy (non-hydrogen) atoms. The van der Waals surface area contributed by atoms with Crippen molar-refractivity contribution in [1.82, 2.24) is 10.2 Å². The van der Waals surface area contributed by atoms with Crippen molar-refractivity contribution in [1.29, 1.82) is 0 Å². The van der Waals surface area contributed by atoms with Gasteiger partial charge in [-0.1, -0.05) is 6.07 Å². The molecule has 2 heterocycles. The molecule has 0 bridgehead atoms. The molecule has 1 N–H and O–H groups in total. The first-order valence-corrected chi connectivity index (χ1v) is 7.88. The lowest BCUT2D eigenvalue weighted by atomic mass is 10.1. The molecular weight excluding hydrogens is 292 g/mol. The molecule has 2 aliphatic rings. The van der Waals surface area contributed by atoms with E-state index in [0.717, 1.165) is 17.1 Å². The number of rotatable bonds is 5. The average molecular weight is 308 g/mol. The number of amides is 2. The Bertz CT molecular complexity index is 564. The van der Waals surface area contributed by atoms with Crippen LogP contribution < -0.4 is 14.8 Å². The van der Waals surface area contributed by atoms with Crippen LogP contribution in [0, 0.1) is 0 Å². The summed E-state index contributed by atoms with van der Waals surface area (Å²) in [5.74, 6) is 2.50. The molecule has 1 aromatic carbocycles. The van der Waals surface area contributed by atoms with Crippen LogP contribution in [0.2, 0.25) is 0 Å². The van der Waals surface area contributed by atoms with E-state index in [1.807, 2.05) is 18.2 Å². The van der Waals surface area contributed by atoms with Gasteiger partial charge in [-0.3, -0.25) is 9.59 Å². The quantitative estimate of drug-likeness (QED) is 0.863. The largest absolute Gasteiger partial charge is 0.454 e. The van der Waals surface area contributed by atoms with E-state index in [2.05, 4.69) is 5.32 Å². The maximum atomic E-state index is 11.8. The molecule has 2 amide bonds. The molecule has 112 valence electrons. The van der Waals surface area contributed by atoms with Crippen molar-refractivity contribution in [2.75, 3.05) is 31.5 Å². The second-order valence-corrected chi connectivity index (χ2v) is 5.81. The summed E-state index contributed by atoms with van der Waals surface area (Å²) >= 11 is 1.53. The molecule has 0 unspecified atom stereocenters. The first-order valence-electron chi connectivity index (χ1n) is 6.73. The maximum Gasteiger partial charge on any atom is 0.239 e. The number of carbonyl (C=O) groups is 2. The number of hydrogen-bond acceptors (Lipinski definition) is 5. The molecule has 0 aliphatic carbocycles. The predicted octanol–water partition coefficient (Wildman–Crippen LogP) is 0.607. The van der Waals surface area contributed by atoms with E-state index in [4.69, 9.17) is 9.47 Å². The van der Waals surface area contributed by atoms with Crippen molar-refractivity contribution < 1.29 is 19.1 Å². The zero-order valence-electron chi connectivity index (χ0n) is 11.5. The van der Waals surface area contributed by atoms with E-state index in [1.165, 1.54) is 11.8 Å². The Hall–Kier alpha value is -1.89. The fourth-order valence-corrected chi connectivity index (χ4v) is 3.12. The Morgan fingerprint density at radius 2 is 2.19 bits per heavy atom. The lowest BCUT2D eigenvalue weighted by Gasteiger charge is -2.14. The highest BCUT2D eigenvalue weighted by Gasteiger charge is 2.22. The molecule has 3 rings (SSSR count). The summed E-state index contributed by atoms with van der Waals surface area (Å²) in [6.45, 7) is 0.942. The summed E-state index contributed by atoms with van der Waals surface area (Å²) in [5, 5.41) is 2.83. The number of ether oxygens (including phenoxy) is 2. The highest BCUT2D eigenvalue weighted by atomic mass is 32.2. The highest BCUT2D eigenvalue weighted by Crippen LogP contribution is 2.32. The number of fused-ring (bicyclic) bond motifs is 1. The minimum atomic E-state index is -0.119. The number of hydrogen-bond donors (Lipinski definition) is 1. The van der Waals surface area contributed by atoms with Crippen molar-refractivity contribution in [3.63, 3.8) is 0 Å².